The molecule has 1 aliphatic heterocycles. The van der Waals surface area contributed by atoms with E-state index in [2.05, 4.69) is 17.6 Å². The zero-order valence-electron chi connectivity index (χ0n) is 10.6. The molecule has 6 heteroatoms. The molecule has 0 saturated carbocycles. The van der Waals surface area contributed by atoms with Gasteiger partial charge in [0, 0.05) is 19.0 Å². The SMILES string of the molecule is CCC1CCCNC1CNC(=O)CCC(F)(F)F. The lowest BCUT2D eigenvalue weighted by atomic mass is 9.88. The maximum atomic E-state index is 11.9. The average molecular weight is 266 g/mol. The van der Waals surface area contributed by atoms with Crippen molar-refractivity contribution in [2.75, 3.05) is 13.1 Å². The van der Waals surface area contributed by atoms with Crippen molar-refractivity contribution in [2.24, 2.45) is 5.92 Å². The first-order valence-corrected chi connectivity index (χ1v) is 6.49. The van der Waals surface area contributed by atoms with Crippen molar-refractivity contribution in [3.05, 3.63) is 0 Å². The van der Waals surface area contributed by atoms with Crippen LogP contribution in [0.4, 0.5) is 13.2 Å². The molecule has 0 aliphatic carbocycles. The fourth-order valence-corrected chi connectivity index (χ4v) is 2.31. The molecule has 18 heavy (non-hydrogen) atoms. The lowest BCUT2D eigenvalue weighted by Crippen LogP contribution is -2.48. The molecular formula is C12H21F3N2O. The number of piperidine rings is 1. The minimum Gasteiger partial charge on any atom is -0.355 e. The Balaban J connectivity index is 2.24. The standard InChI is InChI=1S/C12H21F3N2O/c1-2-9-4-3-7-16-10(9)8-17-11(18)5-6-12(13,14)15/h9-10,16H,2-8H2,1H3,(H,17,18). The van der Waals surface area contributed by atoms with Gasteiger partial charge in [0.05, 0.1) is 6.42 Å². The minimum absolute atomic E-state index is 0.193. The van der Waals surface area contributed by atoms with Crippen LogP contribution in [0.25, 0.3) is 0 Å². The van der Waals surface area contributed by atoms with Gasteiger partial charge in [-0.3, -0.25) is 4.79 Å². The first-order valence-electron chi connectivity index (χ1n) is 6.49. The van der Waals surface area contributed by atoms with E-state index in [0.29, 0.717) is 12.5 Å². The summed E-state index contributed by atoms with van der Waals surface area (Å²) in [5, 5.41) is 5.90. The molecule has 1 rings (SSSR count). The Morgan fingerprint density at radius 2 is 2.17 bits per heavy atom. The molecule has 0 bridgehead atoms. The zero-order valence-corrected chi connectivity index (χ0v) is 10.6. The van der Waals surface area contributed by atoms with Crippen molar-refractivity contribution in [3.8, 4) is 0 Å². The van der Waals surface area contributed by atoms with E-state index in [1.807, 2.05) is 0 Å². The molecule has 0 aromatic rings. The van der Waals surface area contributed by atoms with Crippen LogP contribution in [0.15, 0.2) is 0 Å². The Bertz CT molecular complexity index is 269. The predicted molar refractivity (Wildman–Crippen MR) is 63.1 cm³/mol. The molecule has 1 amide bonds. The highest BCUT2D eigenvalue weighted by Gasteiger charge is 2.28. The van der Waals surface area contributed by atoms with E-state index >= 15 is 0 Å². The van der Waals surface area contributed by atoms with Crippen LogP contribution < -0.4 is 10.6 Å². The second-order valence-corrected chi connectivity index (χ2v) is 4.79. The molecule has 3 nitrogen and oxygen atoms in total. The minimum atomic E-state index is -4.26. The summed E-state index contributed by atoms with van der Waals surface area (Å²) in [7, 11) is 0. The predicted octanol–water partition coefficient (Wildman–Crippen LogP) is 2.22. The van der Waals surface area contributed by atoms with Crippen LogP contribution in [0, 0.1) is 5.92 Å². The van der Waals surface area contributed by atoms with Crippen molar-refractivity contribution in [1.29, 1.82) is 0 Å². The summed E-state index contributed by atoms with van der Waals surface area (Å²) < 4.78 is 35.8. The molecular weight excluding hydrogens is 245 g/mol. The molecule has 0 aromatic heterocycles. The number of rotatable bonds is 5. The van der Waals surface area contributed by atoms with Gasteiger partial charge in [0.15, 0.2) is 0 Å². The van der Waals surface area contributed by atoms with Gasteiger partial charge in [-0.2, -0.15) is 13.2 Å². The van der Waals surface area contributed by atoms with Crippen LogP contribution in [0.3, 0.4) is 0 Å². The van der Waals surface area contributed by atoms with E-state index in [0.717, 1.165) is 25.8 Å². The lowest BCUT2D eigenvalue weighted by molar-refractivity contribution is -0.144. The van der Waals surface area contributed by atoms with Crippen LogP contribution in [0.1, 0.15) is 39.0 Å². The fourth-order valence-electron chi connectivity index (χ4n) is 2.31. The Hall–Kier alpha value is -0.780. The second-order valence-electron chi connectivity index (χ2n) is 4.79. The number of nitrogens with one attached hydrogen (secondary N) is 2. The Labute approximate surface area is 106 Å². The summed E-state index contributed by atoms with van der Waals surface area (Å²) in [5.74, 6) is -0.0174. The highest BCUT2D eigenvalue weighted by Crippen LogP contribution is 2.21. The van der Waals surface area contributed by atoms with E-state index in [-0.39, 0.29) is 6.04 Å². The molecule has 0 aromatic carbocycles. The quantitative estimate of drug-likeness (QED) is 0.801. The Morgan fingerprint density at radius 1 is 1.44 bits per heavy atom. The van der Waals surface area contributed by atoms with Crippen molar-refractivity contribution in [3.63, 3.8) is 0 Å². The van der Waals surface area contributed by atoms with Crippen molar-refractivity contribution in [1.82, 2.24) is 10.6 Å². The summed E-state index contributed by atoms with van der Waals surface area (Å²) in [4.78, 5) is 11.3. The average Bonchev–Trinajstić information content (AvgIpc) is 2.33. The van der Waals surface area contributed by atoms with Crippen molar-refractivity contribution >= 4 is 5.91 Å². The largest absolute Gasteiger partial charge is 0.389 e. The molecule has 106 valence electrons. The van der Waals surface area contributed by atoms with Gasteiger partial charge in [-0.25, -0.2) is 0 Å². The van der Waals surface area contributed by atoms with Crippen LogP contribution in [-0.4, -0.2) is 31.2 Å². The number of amides is 1. The molecule has 2 atom stereocenters. The maximum Gasteiger partial charge on any atom is 0.389 e. The molecule has 0 radical (unpaired) electrons. The van der Waals surface area contributed by atoms with Crippen LogP contribution in [0.5, 0.6) is 0 Å². The summed E-state index contributed by atoms with van der Waals surface area (Å²) >= 11 is 0. The summed E-state index contributed by atoms with van der Waals surface area (Å²) in [6.07, 6.45) is -2.52. The molecule has 1 heterocycles. The van der Waals surface area contributed by atoms with Gasteiger partial charge in [0.1, 0.15) is 0 Å². The maximum absolute atomic E-state index is 11.9. The number of hydrogen-bond acceptors (Lipinski definition) is 2. The van der Waals surface area contributed by atoms with E-state index in [1.54, 1.807) is 0 Å². The number of hydrogen-bond donors (Lipinski definition) is 2. The second kappa shape index (κ2) is 6.97. The number of carbonyl (C=O) groups is 1. The summed E-state index contributed by atoms with van der Waals surface area (Å²) in [6, 6.07) is 0.193. The van der Waals surface area contributed by atoms with E-state index < -0.39 is 24.9 Å². The zero-order chi connectivity index (χ0) is 13.6. The Kier molecular flexibility index (Phi) is 5.91. The van der Waals surface area contributed by atoms with Crippen molar-refractivity contribution < 1.29 is 18.0 Å². The topological polar surface area (TPSA) is 41.1 Å². The van der Waals surface area contributed by atoms with Gasteiger partial charge in [0.25, 0.3) is 0 Å². The van der Waals surface area contributed by atoms with Crippen molar-refractivity contribution in [2.45, 2.75) is 51.2 Å². The van der Waals surface area contributed by atoms with Gasteiger partial charge in [-0.1, -0.05) is 13.3 Å². The first kappa shape index (κ1) is 15.3. The number of carbonyl (C=O) groups excluding carboxylic acids is 1. The van der Waals surface area contributed by atoms with E-state index in [9.17, 15) is 18.0 Å². The molecule has 0 spiro atoms. The fraction of sp³-hybridized carbons (Fsp3) is 0.917. The van der Waals surface area contributed by atoms with Crippen LogP contribution in [-0.2, 0) is 4.79 Å². The summed E-state index contributed by atoms with van der Waals surface area (Å²) in [6.45, 7) is 3.44. The molecule has 2 unspecified atom stereocenters. The third-order valence-corrected chi connectivity index (χ3v) is 3.41. The summed E-state index contributed by atoms with van der Waals surface area (Å²) in [5.41, 5.74) is 0. The van der Waals surface area contributed by atoms with Gasteiger partial charge < -0.3 is 10.6 Å². The normalized spacial score (nSPS) is 24.9. The van der Waals surface area contributed by atoms with E-state index in [1.165, 1.54) is 0 Å². The highest BCUT2D eigenvalue weighted by atomic mass is 19.4. The molecule has 1 fully saturated rings. The van der Waals surface area contributed by atoms with E-state index in [4.69, 9.17) is 0 Å². The Morgan fingerprint density at radius 3 is 2.78 bits per heavy atom. The highest BCUT2D eigenvalue weighted by molar-refractivity contribution is 5.75. The lowest BCUT2D eigenvalue weighted by Gasteiger charge is -2.32. The third-order valence-electron chi connectivity index (χ3n) is 3.41. The van der Waals surface area contributed by atoms with Gasteiger partial charge in [-0.05, 0) is 25.3 Å². The first-order chi connectivity index (χ1) is 8.42. The molecule has 1 aliphatic rings. The van der Waals surface area contributed by atoms with Crippen LogP contribution >= 0.6 is 0 Å². The smallest absolute Gasteiger partial charge is 0.355 e. The van der Waals surface area contributed by atoms with Gasteiger partial charge in [-0.15, -0.1) is 0 Å². The molecule has 1 saturated heterocycles. The third kappa shape index (κ3) is 5.71. The molecule has 2 N–H and O–H groups in total. The van der Waals surface area contributed by atoms with Gasteiger partial charge >= 0.3 is 6.18 Å². The monoisotopic (exact) mass is 266 g/mol. The number of alkyl halides is 3. The van der Waals surface area contributed by atoms with Gasteiger partial charge in [0.2, 0.25) is 5.91 Å². The number of halogens is 3. The van der Waals surface area contributed by atoms with Crippen LogP contribution in [0.2, 0.25) is 0 Å².